The second-order valence-corrected chi connectivity index (χ2v) is 5.85. The number of hydrogen-bond donors (Lipinski definition) is 1. The number of nitrogens with one attached hydrogen (secondary N) is 1. The van der Waals surface area contributed by atoms with Crippen LogP contribution in [0.25, 0.3) is 0 Å². The molecule has 0 aliphatic carbocycles. The Morgan fingerprint density at radius 3 is 2.45 bits per heavy atom. The fourth-order valence-electron chi connectivity index (χ4n) is 2.23. The molecule has 2 rings (SSSR count). The lowest BCUT2D eigenvalue weighted by atomic mass is 10.2. The van der Waals surface area contributed by atoms with Crippen molar-refractivity contribution in [3.05, 3.63) is 53.6 Å². The van der Waals surface area contributed by atoms with Crippen LogP contribution in [0, 0.1) is 0 Å². The fraction of sp³-hybridized carbons (Fsp3) is 0.286. The number of carbonyl (C=O) groups excluding carboxylic acids is 2. The molecule has 0 aromatic heterocycles. The Morgan fingerprint density at radius 2 is 1.79 bits per heavy atom. The number of hydrazone groups is 1. The molecule has 0 radical (unpaired) electrons. The highest BCUT2D eigenvalue weighted by atomic mass is 16.6. The maximum absolute atomic E-state index is 12.2. The van der Waals surface area contributed by atoms with Gasteiger partial charge in [-0.25, -0.2) is 10.2 Å². The minimum atomic E-state index is -0.495. The number of rotatable bonds is 10. The summed E-state index contributed by atoms with van der Waals surface area (Å²) in [4.78, 5) is 23.3. The fourth-order valence-corrected chi connectivity index (χ4v) is 2.23. The summed E-state index contributed by atoms with van der Waals surface area (Å²) in [5.41, 5.74) is 3.61. The Morgan fingerprint density at radius 1 is 1.03 bits per heavy atom. The van der Waals surface area contributed by atoms with E-state index in [4.69, 9.17) is 14.2 Å². The summed E-state index contributed by atoms with van der Waals surface area (Å²) >= 11 is 0. The zero-order valence-corrected chi connectivity index (χ0v) is 16.6. The molecule has 0 bridgehead atoms. The SMILES string of the molecule is CCCOc1ccc(C(=O)N/N=C/c2ccc(OCC(=O)OC)c(OC)c2)cc1. The predicted molar refractivity (Wildman–Crippen MR) is 108 cm³/mol. The molecule has 2 aromatic carbocycles. The van der Waals surface area contributed by atoms with Crippen LogP contribution in [0.4, 0.5) is 0 Å². The first-order valence-electron chi connectivity index (χ1n) is 9.01. The molecular formula is C21H24N2O6. The van der Waals surface area contributed by atoms with Crippen molar-refractivity contribution in [2.75, 3.05) is 27.4 Å². The van der Waals surface area contributed by atoms with E-state index in [2.05, 4.69) is 15.3 Å². The normalized spacial score (nSPS) is 10.4. The molecule has 0 atom stereocenters. The number of methoxy groups -OCH3 is 2. The number of hydrogen-bond acceptors (Lipinski definition) is 7. The standard InChI is InChI=1S/C21H24N2O6/c1-4-11-28-17-8-6-16(7-9-17)21(25)23-22-13-15-5-10-18(19(12-15)26-2)29-14-20(24)27-3/h5-10,12-13H,4,11,14H2,1-3H3,(H,23,25)/b22-13+. The molecule has 0 saturated heterocycles. The van der Waals surface area contributed by atoms with Crippen molar-refractivity contribution in [2.45, 2.75) is 13.3 Å². The molecule has 0 spiro atoms. The van der Waals surface area contributed by atoms with E-state index in [-0.39, 0.29) is 12.5 Å². The Kier molecular flexibility index (Phi) is 8.50. The van der Waals surface area contributed by atoms with E-state index in [1.807, 2.05) is 6.92 Å². The van der Waals surface area contributed by atoms with Gasteiger partial charge in [-0.05, 0) is 54.4 Å². The number of nitrogens with zero attached hydrogens (tertiary/aromatic N) is 1. The summed E-state index contributed by atoms with van der Waals surface area (Å²) in [6, 6.07) is 11.9. The van der Waals surface area contributed by atoms with Gasteiger partial charge in [-0.3, -0.25) is 4.79 Å². The van der Waals surface area contributed by atoms with Gasteiger partial charge in [0.1, 0.15) is 5.75 Å². The van der Waals surface area contributed by atoms with Gasteiger partial charge in [0.25, 0.3) is 5.91 Å². The predicted octanol–water partition coefficient (Wildman–Crippen LogP) is 2.80. The lowest BCUT2D eigenvalue weighted by Crippen LogP contribution is -2.17. The second kappa shape index (κ2) is 11.3. The quantitative estimate of drug-likeness (QED) is 0.374. The lowest BCUT2D eigenvalue weighted by molar-refractivity contribution is -0.142. The van der Waals surface area contributed by atoms with Gasteiger partial charge in [-0.2, -0.15) is 5.10 Å². The molecule has 8 nitrogen and oxygen atoms in total. The topological polar surface area (TPSA) is 95.5 Å². The summed E-state index contributed by atoms with van der Waals surface area (Å²) in [5.74, 6) is 0.698. The number of esters is 1. The van der Waals surface area contributed by atoms with Crippen LogP contribution < -0.4 is 19.6 Å². The van der Waals surface area contributed by atoms with E-state index in [1.165, 1.54) is 20.4 Å². The third-order valence-corrected chi connectivity index (χ3v) is 3.73. The third-order valence-electron chi connectivity index (χ3n) is 3.73. The van der Waals surface area contributed by atoms with Crippen molar-refractivity contribution in [2.24, 2.45) is 5.10 Å². The molecule has 1 N–H and O–H groups in total. The van der Waals surface area contributed by atoms with Crippen LogP contribution in [-0.2, 0) is 9.53 Å². The molecule has 29 heavy (non-hydrogen) atoms. The number of benzene rings is 2. The number of amides is 1. The van der Waals surface area contributed by atoms with Crippen LogP contribution >= 0.6 is 0 Å². The zero-order chi connectivity index (χ0) is 21.1. The van der Waals surface area contributed by atoms with Crippen molar-refractivity contribution < 1.29 is 28.5 Å². The average molecular weight is 400 g/mol. The summed E-state index contributed by atoms with van der Waals surface area (Å²) < 4.78 is 20.6. The lowest BCUT2D eigenvalue weighted by Gasteiger charge is -2.10. The van der Waals surface area contributed by atoms with Crippen LogP contribution in [-0.4, -0.2) is 45.5 Å². The van der Waals surface area contributed by atoms with Gasteiger partial charge in [0.15, 0.2) is 18.1 Å². The monoisotopic (exact) mass is 400 g/mol. The van der Waals surface area contributed by atoms with Crippen molar-refractivity contribution >= 4 is 18.1 Å². The second-order valence-electron chi connectivity index (χ2n) is 5.85. The number of ether oxygens (including phenoxy) is 4. The number of carbonyl (C=O) groups is 2. The van der Waals surface area contributed by atoms with Crippen LogP contribution in [0.1, 0.15) is 29.3 Å². The van der Waals surface area contributed by atoms with Gasteiger partial charge in [0.2, 0.25) is 0 Å². The van der Waals surface area contributed by atoms with E-state index >= 15 is 0 Å². The van der Waals surface area contributed by atoms with Crippen LogP contribution in [0.5, 0.6) is 17.2 Å². The molecule has 0 unspecified atom stereocenters. The van der Waals surface area contributed by atoms with Gasteiger partial charge in [-0.15, -0.1) is 0 Å². The third kappa shape index (κ3) is 6.84. The largest absolute Gasteiger partial charge is 0.494 e. The van der Waals surface area contributed by atoms with Crippen molar-refractivity contribution in [1.82, 2.24) is 5.43 Å². The zero-order valence-electron chi connectivity index (χ0n) is 16.6. The minimum absolute atomic E-state index is 0.224. The van der Waals surface area contributed by atoms with Crippen molar-refractivity contribution in [3.8, 4) is 17.2 Å². The Hall–Kier alpha value is -3.55. The first-order chi connectivity index (χ1) is 14.1. The molecular weight excluding hydrogens is 376 g/mol. The highest BCUT2D eigenvalue weighted by Gasteiger charge is 2.08. The highest BCUT2D eigenvalue weighted by molar-refractivity contribution is 5.95. The summed E-state index contributed by atoms with van der Waals surface area (Å²) in [5, 5.41) is 3.96. The van der Waals surface area contributed by atoms with Gasteiger partial charge >= 0.3 is 5.97 Å². The molecule has 154 valence electrons. The van der Waals surface area contributed by atoms with E-state index in [0.717, 1.165) is 6.42 Å². The summed E-state index contributed by atoms with van der Waals surface area (Å²) in [6.45, 7) is 2.43. The molecule has 0 aliphatic heterocycles. The highest BCUT2D eigenvalue weighted by Crippen LogP contribution is 2.27. The van der Waals surface area contributed by atoms with Crippen LogP contribution in [0.15, 0.2) is 47.6 Å². The first-order valence-corrected chi connectivity index (χ1v) is 9.01. The Labute approximate surface area is 169 Å². The van der Waals surface area contributed by atoms with Crippen LogP contribution in [0.2, 0.25) is 0 Å². The van der Waals surface area contributed by atoms with Gasteiger partial charge in [0.05, 0.1) is 27.0 Å². The molecule has 8 heteroatoms. The van der Waals surface area contributed by atoms with Crippen molar-refractivity contribution in [1.29, 1.82) is 0 Å². The van der Waals surface area contributed by atoms with E-state index in [0.29, 0.717) is 35.0 Å². The molecule has 0 heterocycles. The van der Waals surface area contributed by atoms with Gasteiger partial charge in [-0.1, -0.05) is 6.92 Å². The molecule has 1 amide bonds. The van der Waals surface area contributed by atoms with Crippen LogP contribution in [0.3, 0.4) is 0 Å². The maximum atomic E-state index is 12.2. The first kappa shape index (κ1) is 21.7. The van der Waals surface area contributed by atoms with Gasteiger partial charge < -0.3 is 18.9 Å². The Bertz CT molecular complexity index is 849. The smallest absolute Gasteiger partial charge is 0.343 e. The molecule has 0 fully saturated rings. The summed E-state index contributed by atoms with van der Waals surface area (Å²) in [7, 11) is 2.77. The van der Waals surface area contributed by atoms with Gasteiger partial charge in [0, 0.05) is 5.56 Å². The van der Waals surface area contributed by atoms with E-state index in [1.54, 1.807) is 42.5 Å². The van der Waals surface area contributed by atoms with E-state index in [9.17, 15) is 9.59 Å². The molecule has 0 saturated carbocycles. The minimum Gasteiger partial charge on any atom is -0.494 e. The summed E-state index contributed by atoms with van der Waals surface area (Å²) in [6.07, 6.45) is 2.39. The average Bonchev–Trinajstić information content (AvgIpc) is 2.76. The maximum Gasteiger partial charge on any atom is 0.343 e. The van der Waals surface area contributed by atoms with Crippen molar-refractivity contribution in [3.63, 3.8) is 0 Å². The Balaban J connectivity index is 1.95. The van der Waals surface area contributed by atoms with E-state index < -0.39 is 5.97 Å². The molecule has 2 aromatic rings. The molecule has 0 aliphatic rings.